The molecule has 0 spiro atoms. The van der Waals surface area contributed by atoms with Crippen LogP contribution in [0.2, 0.25) is 0 Å². The molecular formula is C15H14BrF3O2. The van der Waals surface area contributed by atoms with Gasteiger partial charge in [-0.25, -0.2) is 0 Å². The molecule has 0 saturated carbocycles. The van der Waals surface area contributed by atoms with Crippen molar-refractivity contribution in [1.82, 2.24) is 0 Å². The number of carbonyl (C=O) groups excluding carboxylic acids is 1. The molecule has 0 saturated heterocycles. The van der Waals surface area contributed by atoms with Crippen LogP contribution in [0.1, 0.15) is 31.2 Å². The van der Waals surface area contributed by atoms with Crippen molar-refractivity contribution < 1.29 is 23.1 Å². The zero-order valence-electron chi connectivity index (χ0n) is 11.1. The molecule has 1 aromatic carbocycles. The molecule has 0 aliphatic heterocycles. The first-order valence-electron chi connectivity index (χ1n) is 6.50. The maximum absolute atomic E-state index is 13.4. The van der Waals surface area contributed by atoms with Gasteiger partial charge < -0.3 is 5.11 Å². The van der Waals surface area contributed by atoms with Crippen LogP contribution in [0.15, 0.2) is 40.4 Å². The van der Waals surface area contributed by atoms with Crippen LogP contribution in [0.4, 0.5) is 13.2 Å². The number of allylic oxidation sites excluding steroid dienone is 1. The molecule has 1 aromatic rings. The lowest BCUT2D eigenvalue weighted by Crippen LogP contribution is -2.42. The summed E-state index contributed by atoms with van der Waals surface area (Å²) in [6.07, 6.45) is -2.91. The summed E-state index contributed by atoms with van der Waals surface area (Å²) >= 11 is 3.15. The Kier molecular flexibility index (Phi) is 4.58. The summed E-state index contributed by atoms with van der Waals surface area (Å²) in [5, 5.41) is 10.3. The zero-order chi connectivity index (χ0) is 15.7. The van der Waals surface area contributed by atoms with Gasteiger partial charge in [-0.2, -0.15) is 13.2 Å². The molecule has 1 aliphatic carbocycles. The van der Waals surface area contributed by atoms with E-state index in [1.54, 1.807) is 0 Å². The van der Waals surface area contributed by atoms with E-state index >= 15 is 0 Å². The third-order valence-corrected chi connectivity index (χ3v) is 4.09. The molecule has 0 amide bonds. The predicted octanol–water partition coefficient (Wildman–Crippen LogP) is 4.27. The highest BCUT2D eigenvalue weighted by Crippen LogP contribution is 2.44. The average molecular weight is 363 g/mol. The van der Waals surface area contributed by atoms with E-state index in [1.165, 1.54) is 30.3 Å². The number of hydrogen-bond donors (Lipinski definition) is 1. The minimum atomic E-state index is -4.82. The Morgan fingerprint density at radius 3 is 2.29 bits per heavy atom. The number of hydrogen-bond acceptors (Lipinski definition) is 2. The van der Waals surface area contributed by atoms with Crippen LogP contribution in [0.25, 0.3) is 0 Å². The second-order valence-electron chi connectivity index (χ2n) is 5.16. The van der Waals surface area contributed by atoms with Crippen molar-refractivity contribution in [2.45, 2.75) is 37.5 Å². The number of halogens is 4. The molecule has 1 atom stereocenters. The molecule has 114 valence electrons. The van der Waals surface area contributed by atoms with E-state index in [0.29, 0.717) is 29.3 Å². The highest BCUT2D eigenvalue weighted by Gasteiger charge is 2.55. The van der Waals surface area contributed by atoms with Crippen LogP contribution in [-0.4, -0.2) is 17.1 Å². The standard InChI is InChI=1S/C15H14BrF3O2/c16-12-6-4-11(5-7-12)14(21,15(17,18)19)9-10-2-1-3-13(20)8-10/h4-8,21H,1-3,9H2/t14-/m0/s1. The quantitative estimate of drug-likeness (QED) is 0.871. The molecule has 0 radical (unpaired) electrons. The maximum Gasteiger partial charge on any atom is 0.421 e. The number of aliphatic hydroxyl groups is 1. The zero-order valence-corrected chi connectivity index (χ0v) is 12.7. The van der Waals surface area contributed by atoms with E-state index < -0.39 is 18.2 Å². The van der Waals surface area contributed by atoms with Crippen LogP contribution in [0.3, 0.4) is 0 Å². The summed E-state index contributed by atoms with van der Waals surface area (Å²) in [6, 6.07) is 5.38. The van der Waals surface area contributed by atoms with Gasteiger partial charge in [0.1, 0.15) is 0 Å². The Morgan fingerprint density at radius 1 is 1.14 bits per heavy atom. The first kappa shape index (κ1) is 16.2. The summed E-state index contributed by atoms with van der Waals surface area (Å²) in [4.78, 5) is 11.3. The SMILES string of the molecule is O=C1C=C(C[C@](O)(c2ccc(Br)cc2)C(F)(F)F)CCC1. The third kappa shape index (κ3) is 3.55. The van der Waals surface area contributed by atoms with E-state index in [0.717, 1.165) is 0 Å². The van der Waals surface area contributed by atoms with Gasteiger partial charge in [-0.05, 0) is 36.6 Å². The molecule has 1 aliphatic rings. The van der Waals surface area contributed by atoms with E-state index in [9.17, 15) is 23.1 Å². The lowest BCUT2D eigenvalue weighted by atomic mass is 9.83. The molecule has 0 heterocycles. The van der Waals surface area contributed by atoms with Crippen LogP contribution >= 0.6 is 15.9 Å². The smallest absolute Gasteiger partial charge is 0.376 e. The van der Waals surface area contributed by atoms with Gasteiger partial charge >= 0.3 is 6.18 Å². The van der Waals surface area contributed by atoms with Gasteiger partial charge in [-0.3, -0.25) is 4.79 Å². The van der Waals surface area contributed by atoms with Crippen molar-refractivity contribution >= 4 is 21.7 Å². The van der Waals surface area contributed by atoms with Gasteiger partial charge in [0.05, 0.1) is 0 Å². The molecule has 2 rings (SSSR count). The Hall–Kier alpha value is -1.14. The van der Waals surface area contributed by atoms with Gasteiger partial charge in [0, 0.05) is 17.3 Å². The summed E-state index contributed by atoms with van der Waals surface area (Å²) in [5.41, 5.74) is -2.86. The lowest BCUT2D eigenvalue weighted by Gasteiger charge is -2.32. The molecule has 0 unspecified atom stereocenters. The van der Waals surface area contributed by atoms with E-state index in [1.807, 2.05) is 0 Å². The number of carbonyl (C=O) groups is 1. The summed E-state index contributed by atoms with van der Waals surface area (Å²) in [6.45, 7) is 0. The van der Waals surface area contributed by atoms with Gasteiger partial charge in [0.2, 0.25) is 0 Å². The van der Waals surface area contributed by atoms with E-state index in [4.69, 9.17) is 0 Å². The first-order valence-corrected chi connectivity index (χ1v) is 7.29. The van der Waals surface area contributed by atoms with Crippen molar-refractivity contribution in [3.05, 3.63) is 46.0 Å². The second kappa shape index (κ2) is 5.93. The predicted molar refractivity (Wildman–Crippen MR) is 75.7 cm³/mol. The summed E-state index contributed by atoms with van der Waals surface area (Å²) in [5.74, 6) is -0.184. The second-order valence-corrected chi connectivity index (χ2v) is 6.08. The molecule has 1 N–H and O–H groups in total. The fourth-order valence-electron chi connectivity index (χ4n) is 2.42. The minimum Gasteiger partial charge on any atom is -0.376 e. The van der Waals surface area contributed by atoms with Gasteiger partial charge in [-0.15, -0.1) is 0 Å². The van der Waals surface area contributed by atoms with Gasteiger partial charge in [-0.1, -0.05) is 33.6 Å². The van der Waals surface area contributed by atoms with Crippen LogP contribution in [-0.2, 0) is 10.4 Å². The lowest BCUT2D eigenvalue weighted by molar-refractivity contribution is -0.266. The van der Waals surface area contributed by atoms with Gasteiger partial charge in [0.25, 0.3) is 0 Å². The van der Waals surface area contributed by atoms with Crippen LogP contribution < -0.4 is 0 Å². The molecule has 0 aromatic heterocycles. The third-order valence-electron chi connectivity index (χ3n) is 3.56. The average Bonchev–Trinajstić information content (AvgIpc) is 2.38. The van der Waals surface area contributed by atoms with Crippen LogP contribution in [0.5, 0.6) is 0 Å². The Morgan fingerprint density at radius 2 is 1.76 bits per heavy atom. The summed E-state index contributed by atoms with van der Waals surface area (Å²) < 4.78 is 40.7. The maximum atomic E-state index is 13.4. The number of alkyl halides is 3. The summed E-state index contributed by atoms with van der Waals surface area (Å²) in [7, 11) is 0. The Balaban J connectivity index is 2.38. The normalized spacial score (nSPS) is 19.1. The van der Waals surface area contributed by atoms with E-state index in [-0.39, 0.29) is 11.3 Å². The fraction of sp³-hybridized carbons (Fsp3) is 0.400. The van der Waals surface area contributed by atoms with E-state index in [2.05, 4.69) is 15.9 Å². The molecule has 0 fully saturated rings. The molecule has 21 heavy (non-hydrogen) atoms. The topological polar surface area (TPSA) is 37.3 Å². The highest BCUT2D eigenvalue weighted by atomic mass is 79.9. The Labute approximate surface area is 128 Å². The Bertz CT molecular complexity index is 563. The molecule has 6 heteroatoms. The van der Waals surface area contributed by atoms with Crippen LogP contribution in [0, 0.1) is 0 Å². The number of ketones is 1. The molecule has 2 nitrogen and oxygen atoms in total. The first-order chi connectivity index (χ1) is 9.72. The molecular weight excluding hydrogens is 349 g/mol. The number of benzene rings is 1. The fourth-order valence-corrected chi connectivity index (χ4v) is 2.69. The minimum absolute atomic E-state index is 0.184. The highest BCUT2D eigenvalue weighted by molar-refractivity contribution is 9.10. The number of rotatable bonds is 3. The monoisotopic (exact) mass is 362 g/mol. The van der Waals surface area contributed by atoms with Gasteiger partial charge in [0.15, 0.2) is 11.4 Å². The van der Waals surface area contributed by atoms with Crippen molar-refractivity contribution in [3.8, 4) is 0 Å². The van der Waals surface area contributed by atoms with Crippen molar-refractivity contribution in [2.75, 3.05) is 0 Å². The largest absolute Gasteiger partial charge is 0.421 e. The van der Waals surface area contributed by atoms with Crippen molar-refractivity contribution in [2.24, 2.45) is 0 Å². The van der Waals surface area contributed by atoms with Crippen molar-refractivity contribution in [1.29, 1.82) is 0 Å². The molecule has 0 bridgehead atoms. The van der Waals surface area contributed by atoms with Crippen molar-refractivity contribution in [3.63, 3.8) is 0 Å².